The Morgan fingerprint density at radius 3 is 1.74 bits per heavy atom. The molecule has 0 amide bonds. The summed E-state index contributed by atoms with van der Waals surface area (Å²) in [5.41, 5.74) is -0.917. The van der Waals surface area contributed by atoms with Gasteiger partial charge in [-0.3, -0.25) is 0 Å². The molecule has 0 spiro atoms. The van der Waals surface area contributed by atoms with Gasteiger partial charge in [-0.2, -0.15) is 0 Å². The molecule has 0 aliphatic heterocycles. The number of aliphatic hydroxyl groups excluding tert-OH is 2. The normalized spacial score (nSPS) is 15.5. The van der Waals surface area contributed by atoms with Crippen molar-refractivity contribution in [2.45, 2.75) is 103 Å². The third kappa shape index (κ3) is 12.6. The van der Waals surface area contributed by atoms with E-state index in [9.17, 15) is 15.3 Å². The van der Waals surface area contributed by atoms with Gasteiger partial charge in [0.2, 0.25) is 0 Å². The molecule has 0 aliphatic carbocycles. The third-order valence-electron chi connectivity index (χ3n) is 3.51. The fraction of sp³-hybridized carbons (Fsp3) is 1.00. The summed E-state index contributed by atoms with van der Waals surface area (Å²) in [4.78, 5) is 0. The fourth-order valence-electron chi connectivity index (χ4n) is 2.33. The molecule has 19 heavy (non-hydrogen) atoms. The van der Waals surface area contributed by atoms with E-state index in [-0.39, 0.29) is 6.42 Å². The second-order valence-electron chi connectivity index (χ2n) is 6.41. The maximum Gasteiger partial charge on any atom is 0.0826 e. The number of aliphatic hydroxyl groups is 3. The minimum absolute atomic E-state index is 0.227. The van der Waals surface area contributed by atoms with Crippen molar-refractivity contribution in [2.24, 2.45) is 0 Å². The van der Waals surface area contributed by atoms with Crippen molar-refractivity contribution in [3.05, 3.63) is 0 Å². The van der Waals surface area contributed by atoms with E-state index in [1.807, 2.05) is 0 Å². The molecular weight excluding hydrogens is 240 g/mol. The van der Waals surface area contributed by atoms with E-state index >= 15 is 0 Å². The molecule has 0 fully saturated rings. The Morgan fingerprint density at radius 1 is 0.789 bits per heavy atom. The van der Waals surface area contributed by atoms with Gasteiger partial charge in [-0.25, -0.2) is 0 Å². The van der Waals surface area contributed by atoms with E-state index in [1.165, 1.54) is 38.5 Å². The molecule has 0 aliphatic rings. The molecule has 0 radical (unpaired) electrons. The molecular formula is C16H34O3. The van der Waals surface area contributed by atoms with Gasteiger partial charge < -0.3 is 15.3 Å². The number of rotatable bonds is 12. The van der Waals surface area contributed by atoms with Crippen LogP contribution in [0, 0.1) is 0 Å². The molecule has 0 rings (SSSR count). The average Bonchev–Trinajstić information content (AvgIpc) is 2.30. The summed E-state index contributed by atoms with van der Waals surface area (Å²) in [6, 6.07) is 0. The van der Waals surface area contributed by atoms with E-state index in [2.05, 4.69) is 6.92 Å². The van der Waals surface area contributed by atoms with Crippen LogP contribution in [-0.2, 0) is 0 Å². The monoisotopic (exact) mass is 274 g/mol. The molecule has 2 atom stereocenters. The molecule has 3 N–H and O–H groups in total. The van der Waals surface area contributed by atoms with Gasteiger partial charge in [-0.1, -0.05) is 58.3 Å². The predicted molar refractivity (Wildman–Crippen MR) is 80.2 cm³/mol. The smallest absolute Gasteiger partial charge is 0.0826 e. The average molecular weight is 274 g/mol. The molecule has 0 heterocycles. The lowest BCUT2D eigenvalue weighted by Crippen LogP contribution is -2.34. The Kier molecular flexibility index (Phi) is 10.6. The zero-order chi connectivity index (χ0) is 14.7. The van der Waals surface area contributed by atoms with Crippen LogP contribution in [0.5, 0.6) is 0 Å². The van der Waals surface area contributed by atoms with E-state index in [0.29, 0.717) is 6.42 Å². The standard InChI is InChI=1S/C16H34O3/c1-4-5-6-7-8-9-10-11-12-14(17)15(18)13-16(2,3)19/h14-15,17-19H,4-13H2,1-3H3. The third-order valence-corrected chi connectivity index (χ3v) is 3.51. The summed E-state index contributed by atoms with van der Waals surface area (Å²) in [7, 11) is 0. The quantitative estimate of drug-likeness (QED) is 0.478. The van der Waals surface area contributed by atoms with Crippen molar-refractivity contribution in [3.63, 3.8) is 0 Å². The van der Waals surface area contributed by atoms with Gasteiger partial charge in [0, 0.05) is 6.42 Å². The maximum absolute atomic E-state index is 9.79. The van der Waals surface area contributed by atoms with Crippen molar-refractivity contribution in [2.75, 3.05) is 0 Å². The second kappa shape index (κ2) is 10.6. The first-order valence-corrected chi connectivity index (χ1v) is 7.95. The zero-order valence-corrected chi connectivity index (χ0v) is 13.1. The topological polar surface area (TPSA) is 60.7 Å². The van der Waals surface area contributed by atoms with Crippen molar-refractivity contribution in [1.29, 1.82) is 0 Å². The molecule has 3 heteroatoms. The number of hydrogen-bond donors (Lipinski definition) is 3. The van der Waals surface area contributed by atoms with Gasteiger partial charge in [-0.15, -0.1) is 0 Å². The molecule has 0 bridgehead atoms. The van der Waals surface area contributed by atoms with Crippen LogP contribution < -0.4 is 0 Å². The highest BCUT2D eigenvalue weighted by Gasteiger charge is 2.23. The van der Waals surface area contributed by atoms with Crippen molar-refractivity contribution in [3.8, 4) is 0 Å². The van der Waals surface area contributed by atoms with Crippen molar-refractivity contribution in [1.82, 2.24) is 0 Å². The van der Waals surface area contributed by atoms with Crippen LogP contribution in [0.1, 0.15) is 85.0 Å². The largest absolute Gasteiger partial charge is 0.390 e. The van der Waals surface area contributed by atoms with Crippen LogP contribution in [0.15, 0.2) is 0 Å². The highest BCUT2D eigenvalue weighted by atomic mass is 16.3. The molecule has 116 valence electrons. The zero-order valence-electron chi connectivity index (χ0n) is 13.1. The Bertz CT molecular complexity index is 199. The first kappa shape index (κ1) is 18.9. The maximum atomic E-state index is 9.79. The fourth-order valence-corrected chi connectivity index (χ4v) is 2.33. The lowest BCUT2D eigenvalue weighted by atomic mass is 9.95. The van der Waals surface area contributed by atoms with Gasteiger partial charge in [0.15, 0.2) is 0 Å². The van der Waals surface area contributed by atoms with Gasteiger partial charge in [0.05, 0.1) is 17.8 Å². The molecule has 2 unspecified atom stereocenters. The highest BCUT2D eigenvalue weighted by molar-refractivity contribution is 4.76. The minimum atomic E-state index is -0.917. The Hall–Kier alpha value is -0.120. The summed E-state index contributed by atoms with van der Waals surface area (Å²) in [6.45, 7) is 5.53. The SMILES string of the molecule is CCCCCCCCCCC(O)C(O)CC(C)(C)O. The lowest BCUT2D eigenvalue weighted by Gasteiger charge is -2.24. The second-order valence-corrected chi connectivity index (χ2v) is 6.41. The van der Waals surface area contributed by atoms with Crippen LogP contribution >= 0.6 is 0 Å². The Morgan fingerprint density at radius 2 is 1.26 bits per heavy atom. The summed E-state index contributed by atoms with van der Waals surface area (Å²) < 4.78 is 0. The van der Waals surface area contributed by atoms with E-state index in [1.54, 1.807) is 13.8 Å². The van der Waals surface area contributed by atoms with Gasteiger partial charge in [0.1, 0.15) is 0 Å². The van der Waals surface area contributed by atoms with Gasteiger partial charge >= 0.3 is 0 Å². The first-order chi connectivity index (χ1) is 8.87. The molecule has 0 aromatic carbocycles. The van der Waals surface area contributed by atoms with Crippen LogP contribution in [0.25, 0.3) is 0 Å². The summed E-state index contributed by atoms with van der Waals surface area (Å²) in [6.07, 6.45) is 9.19. The summed E-state index contributed by atoms with van der Waals surface area (Å²) in [5.74, 6) is 0. The minimum Gasteiger partial charge on any atom is -0.390 e. The van der Waals surface area contributed by atoms with Crippen LogP contribution in [0.3, 0.4) is 0 Å². The van der Waals surface area contributed by atoms with E-state index < -0.39 is 17.8 Å². The molecule has 3 nitrogen and oxygen atoms in total. The summed E-state index contributed by atoms with van der Waals surface area (Å²) >= 11 is 0. The number of unbranched alkanes of at least 4 members (excludes halogenated alkanes) is 7. The molecule has 0 aromatic rings. The van der Waals surface area contributed by atoms with Crippen molar-refractivity contribution >= 4 is 0 Å². The summed E-state index contributed by atoms with van der Waals surface area (Å²) in [5, 5.41) is 29.1. The predicted octanol–water partition coefficient (Wildman–Crippen LogP) is 3.40. The molecule has 0 saturated heterocycles. The lowest BCUT2D eigenvalue weighted by molar-refractivity contribution is -0.0423. The Labute approximate surface area is 119 Å². The van der Waals surface area contributed by atoms with E-state index in [4.69, 9.17) is 0 Å². The van der Waals surface area contributed by atoms with E-state index in [0.717, 1.165) is 12.8 Å². The van der Waals surface area contributed by atoms with Gasteiger partial charge in [-0.05, 0) is 20.3 Å². The highest BCUT2D eigenvalue weighted by Crippen LogP contribution is 2.17. The Balaban J connectivity index is 3.45. The first-order valence-electron chi connectivity index (χ1n) is 7.95. The molecule has 0 saturated carbocycles. The molecule has 0 aromatic heterocycles. The number of hydrogen-bond acceptors (Lipinski definition) is 3. The van der Waals surface area contributed by atoms with Crippen LogP contribution in [0.4, 0.5) is 0 Å². The van der Waals surface area contributed by atoms with Crippen LogP contribution in [0.2, 0.25) is 0 Å². The van der Waals surface area contributed by atoms with Crippen LogP contribution in [-0.4, -0.2) is 33.1 Å². The van der Waals surface area contributed by atoms with Gasteiger partial charge in [0.25, 0.3) is 0 Å². The van der Waals surface area contributed by atoms with Crippen molar-refractivity contribution < 1.29 is 15.3 Å².